The molecule has 1 N–H and O–H groups in total. The van der Waals surface area contributed by atoms with Gasteiger partial charge in [0.25, 0.3) is 0 Å². The monoisotopic (exact) mass is 390 g/mol. The zero-order valence-electron chi connectivity index (χ0n) is 16.0. The molecule has 7 heteroatoms. The summed E-state index contributed by atoms with van der Waals surface area (Å²) in [7, 11) is -3.63. The number of rotatable bonds is 8. The van der Waals surface area contributed by atoms with E-state index in [0.29, 0.717) is 23.5 Å². The van der Waals surface area contributed by atoms with Crippen LogP contribution in [0.4, 0.5) is 11.4 Å². The summed E-state index contributed by atoms with van der Waals surface area (Å²) < 4.78 is 31.5. The quantitative estimate of drug-likeness (QED) is 0.746. The van der Waals surface area contributed by atoms with Crippen LogP contribution in [0.1, 0.15) is 27.2 Å². The number of hydrogen-bond acceptors (Lipinski definition) is 4. The number of para-hydroxylation sites is 1. The molecule has 0 spiro atoms. The Balaban J connectivity index is 2.23. The van der Waals surface area contributed by atoms with Crippen molar-refractivity contribution in [2.45, 2.75) is 39.3 Å². The van der Waals surface area contributed by atoms with Crippen molar-refractivity contribution in [2.75, 3.05) is 15.9 Å². The molecule has 2 aromatic carbocycles. The number of carbonyl (C=O) groups excluding carboxylic acids is 1. The molecule has 1 atom stereocenters. The fraction of sp³-hybridized carbons (Fsp3) is 0.350. The summed E-state index contributed by atoms with van der Waals surface area (Å²) in [6, 6.07) is 14.8. The summed E-state index contributed by atoms with van der Waals surface area (Å²) >= 11 is 0. The molecule has 6 nitrogen and oxygen atoms in total. The van der Waals surface area contributed by atoms with Gasteiger partial charge in [-0.2, -0.15) is 0 Å². The van der Waals surface area contributed by atoms with E-state index in [2.05, 4.69) is 5.32 Å². The lowest BCUT2D eigenvalue weighted by molar-refractivity contribution is -0.117. The van der Waals surface area contributed by atoms with Crippen LogP contribution in [0.25, 0.3) is 0 Å². The van der Waals surface area contributed by atoms with Gasteiger partial charge in [-0.15, -0.1) is 0 Å². The Morgan fingerprint density at radius 1 is 1.07 bits per heavy atom. The van der Waals surface area contributed by atoms with Gasteiger partial charge in [0.1, 0.15) is 11.8 Å². The van der Waals surface area contributed by atoms with E-state index < -0.39 is 16.1 Å². The molecule has 1 unspecified atom stereocenters. The summed E-state index contributed by atoms with van der Waals surface area (Å²) in [5.41, 5.74) is 1.04. The van der Waals surface area contributed by atoms with Crippen LogP contribution in [0.15, 0.2) is 54.6 Å². The molecule has 0 fully saturated rings. The van der Waals surface area contributed by atoms with Gasteiger partial charge in [0, 0.05) is 5.69 Å². The van der Waals surface area contributed by atoms with Crippen LogP contribution in [0.5, 0.6) is 5.75 Å². The molecule has 0 heterocycles. The molecule has 2 aromatic rings. The van der Waals surface area contributed by atoms with Crippen molar-refractivity contribution in [3.8, 4) is 5.75 Å². The number of nitrogens with one attached hydrogen (secondary N) is 1. The van der Waals surface area contributed by atoms with Crippen molar-refractivity contribution in [3.05, 3.63) is 54.6 Å². The average molecular weight is 391 g/mol. The molecule has 146 valence electrons. The van der Waals surface area contributed by atoms with E-state index in [1.54, 1.807) is 61.5 Å². The number of hydrogen-bond donors (Lipinski definition) is 1. The van der Waals surface area contributed by atoms with Gasteiger partial charge in [-0.05, 0) is 56.7 Å². The van der Waals surface area contributed by atoms with Crippen LogP contribution in [0.2, 0.25) is 0 Å². The van der Waals surface area contributed by atoms with Gasteiger partial charge in [-0.3, -0.25) is 9.10 Å². The largest absolute Gasteiger partial charge is 0.491 e. The molecule has 0 aromatic heterocycles. The van der Waals surface area contributed by atoms with Crippen LogP contribution in [0.3, 0.4) is 0 Å². The Labute approximate surface area is 161 Å². The molecule has 1 amide bonds. The Kier molecular flexibility index (Phi) is 6.85. The highest BCUT2D eigenvalue weighted by molar-refractivity contribution is 7.92. The maximum Gasteiger partial charge on any atom is 0.248 e. The average Bonchev–Trinajstić information content (AvgIpc) is 2.60. The zero-order chi connectivity index (χ0) is 20.0. The van der Waals surface area contributed by atoms with Crippen molar-refractivity contribution in [1.29, 1.82) is 0 Å². The van der Waals surface area contributed by atoms with E-state index in [1.807, 2.05) is 13.8 Å². The second kappa shape index (κ2) is 8.90. The van der Waals surface area contributed by atoms with Crippen LogP contribution in [-0.4, -0.2) is 32.7 Å². The lowest BCUT2D eigenvalue weighted by Crippen LogP contribution is -2.46. The van der Waals surface area contributed by atoms with Crippen LogP contribution < -0.4 is 14.4 Å². The highest BCUT2D eigenvalue weighted by Gasteiger charge is 2.31. The summed E-state index contributed by atoms with van der Waals surface area (Å²) in [6.45, 7) is 5.65. The number of anilines is 2. The highest BCUT2D eigenvalue weighted by atomic mass is 32.2. The Bertz CT molecular complexity index is 849. The maximum absolute atomic E-state index is 12.8. The molecular formula is C20H26N2O4S. The molecule has 0 aliphatic carbocycles. The lowest BCUT2D eigenvalue weighted by Gasteiger charge is -2.30. The zero-order valence-corrected chi connectivity index (χ0v) is 16.9. The molecule has 0 aliphatic heterocycles. The molecule has 0 bridgehead atoms. The fourth-order valence-electron chi connectivity index (χ4n) is 2.75. The molecule has 0 radical (unpaired) electrons. The first kappa shape index (κ1) is 20.8. The number of amides is 1. The minimum atomic E-state index is -3.63. The van der Waals surface area contributed by atoms with Crippen LogP contribution in [-0.2, 0) is 14.8 Å². The van der Waals surface area contributed by atoms with Crippen molar-refractivity contribution < 1.29 is 17.9 Å². The topological polar surface area (TPSA) is 75.7 Å². The highest BCUT2D eigenvalue weighted by Crippen LogP contribution is 2.23. The second-order valence-electron chi connectivity index (χ2n) is 6.50. The summed E-state index contributed by atoms with van der Waals surface area (Å²) in [5, 5.41) is 2.80. The first-order chi connectivity index (χ1) is 12.7. The minimum absolute atomic E-state index is 0.0594. The Morgan fingerprint density at radius 3 is 2.15 bits per heavy atom. The van der Waals surface area contributed by atoms with Crippen LogP contribution >= 0.6 is 0 Å². The Morgan fingerprint density at radius 2 is 1.67 bits per heavy atom. The van der Waals surface area contributed by atoms with Gasteiger partial charge in [0.05, 0.1) is 18.0 Å². The van der Waals surface area contributed by atoms with Gasteiger partial charge < -0.3 is 10.1 Å². The molecule has 27 heavy (non-hydrogen) atoms. The third kappa shape index (κ3) is 5.72. The fourth-order valence-corrected chi connectivity index (χ4v) is 3.96. The third-order valence-electron chi connectivity index (χ3n) is 3.83. The van der Waals surface area contributed by atoms with E-state index in [9.17, 15) is 13.2 Å². The molecule has 2 rings (SSSR count). The number of carbonyl (C=O) groups is 1. The molecule has 0 aliphatic rings. The van der Waals surface area contributed by atoms with E-state index >= 15 is 0 Å². The van der Waals surface area contributed by atoms with Crippen molar-refractivity contribution in [1.82, 2.24) is 0 Å². The normalized spacial score (nSPS) is 12.5. The van der Waals surface area contributed by atoms with Crippen molar-refractivity contribution in [3.63, 3.8) is 0 Å². The summed E-state index contributed by atoms with van der Waals surface area (Å²) in [5.74, 6) is 0.321. The summed E-state index contributed by atoms with van der Waals surface area (Å²) in [4.78, 5) is 12.8. The number of benzene rings is 2. The van der Waals surface area contributed by atoms with Crippen molar-refractivity contribution >= 4 is 27.3 Å². The van der Waals surface area contributed by atoms with Crippen molar-refractivity contribution in [2.24, 2.45) is 0 Å². The SMILES string of the molecule is CCC(C(=O)Nc1ccc(OC(C)C)cc1)N(c1ccccc1)S(C)(=O)=O. The minimum Gasteiger partial charge on any atom is -0.491 e. The standard InChI is InChI=1S/C20H26N2O4S/c1-5-19(22(27(4,24)25)17-9-7-6-8-10-17)20(23)21-16-11-13-18(14-12-16)26-15(2)3/h6-15,19H,5H2,1-4H3,(H,21,23). The van der Waals surface area contributed by atoms with Crippen LogP contribution in [0, 0.1) is 0 Å². The number of nitrogens with zero attached hydrogens (tertiary/aromatic N) is 1. The van der Waals surface area contributed by atoms with Gasteiger partial charge in [-0.1, -0.05) is 25.1 Å². The molecular weight excluding hydrogens is 364 g/mol. The summed E-state index contributed by atoms with van der Waals surface area (Å²) in [6.07, 6.45) is 1.50. The van der Waals surface area contributed by atoms with Gasteiger partial charge in [0.15, 0.2) is 0 Å². The molecule has 0 saturated heterocycles. The first-order valence-electron chi connectivity index (χ1n) is 8.84. The lowest BCUT2D eigenvalue weighted by atomic mass is 10.2. The molecule has 0 saturated carbocycles. The van der Waals surface area contributed by atoms with E-state index in [0.717, 1.165) is 6.26 Å². The first-order valence-corrected chi connectivity index (χ1v) is 10.7. The smallest absolute Gasteiger partial charge is 0.248 e. The van der Waals surface area contributed by atoms with Gasteiger partial charge in [-0.25, -0.2) is 8.42 Å². The Hall–Kier alpha value is -2.54. The maximum atomic E-state index is 12.8. The predicted molar refractivity (Wildman–Crippen MR) is 109 cm³/mol. The van der Waals surface area contributed by atoms with E-state index in [1.165, 1.54) is 4.31 Å². The second-order valence-corrected chi connectivity index (χ2v) is 8.36. The van der Waals surface area contributed by atoms with Gasteiger partial charge in [0.2, 0.25) is 15.9 Å². The number of ether oxygens (including phenoxy) is 1. The third-order valence-corrected chi connectivity index (χ3v) is 5.01. The number of sulfonamides is 1. The van der Waals surface area contributed by atoms with E-state index in [-0.39, 0.29) is 12.0 Å². The predicted octanol–water partition coefficient (Wildman–Crippen LogP) is 3.66. The van der Waals surface area contributed by atoms with E-state index in [4.69, 9.17) is 4.74 Å². The van der Waals surface area contributed by atoms with Gasteiger partial charge >= 0.3 is 0 Å².